The third-order valence-corrected chi connectivity index (χ3v) is 4.98. The lowest BCUT2D eigenvalue weighted by Gasteiger charge is -2.33. The fourth-order valence-electron chi connectivity index (χ4n) is 3.44. The molecule has 1 aliphatic heterocycles. The van der Waals surface area contributed by atoms with Gasteiger partial charge in [-0.25, -0.2) is 4.79 Å². The Bertz CT molecular complexity index is 611. The molecule has 0 spiro atoms. The van der Waals surface area contributed by atoms with Crippen LogP contribution in [0, 0.1) is 5.92 Å². The predicted molar refractivity (Wildman–Crippen MR) is 101 cm³/mol. The van der Waals surface area contributed by atoms with E-state index in [9.17, 15) is 4.79 Å². The molecule has 2 fully saturated rings. The van der Waals surface area contributed by atoms with Crippen molar-refractivity contribution >= 4 is 11.8 Å². The lowest BCUT2D eigenvalue weighted by atomic mass is 9.94. The van der Waals surface area contributed by atoms with Gasteiger partial charge in [0.2, 0.25) is 0 Å². The van der Waals surface area contributed by atoms with E-state index in [4.69, 9.17) is 9.73 Å². The first-order valence-electron chi connectivity index (χ1n) is 9.48. The average Bonchev–Trinajstić information content (AvgIpc) is 3.34. The zero-order chi connectivity index (χ0) is 17.9. The normalized spacial score (nSPS) is 22.9. The van der Waals surface area contributed by atoms with Gasteiger partial charge in [-0.15, -0.1) is 0 Å². The third kappa shape index (κ3) is 5.32. The fraction of sp³-hybridized carbons (Fsp3) is 0.619. The van der Waals surface area contributed by atoms with Gasteiger partial charge in [0, 0.05) is 31.3 Å². The second kappa shape index (κ2) is 7.59. The van der Waals surface area contributed by atoms with Crippen molar-refractivity contribution in [1.82, 2.24) is 4.90 Å². The van der Waals surface area contributed by atoms with Gasteiger partial charge < -0.3 is 9.64 Å². The first kappa shape index (κ1) is 18.0. The molecule has 1 amide bonds. The molecule has 1 saturated heterocycles. The van der Waals surface area contributed by atoms with E-state index in [0.29, 0.717) is 11.8 Å². The molecule has 1 aromatic rings. The largest absolute Gasteiger partial charge is 0.444 e. The topological polar surface area (TPSA) is 41.9 Å². The van der Waals surface area contributed by atoms with E-state index in [1.54, 1.807) is 0 Å². The van der Waals surface area contributed by atoms with Crippen LogP contribution in [0.2, 0.25) is 0 Å². The average molecular weight is 342 g/mol. The molecule has 1 aliphatic carbocycles. The second-order valence-corrected chi connectivity index (χ2v) is 8.24. The highest BCUT2D eigenvalue weighted by Gasteiger charge is 2.33. The lowest BCUT2D eigenvalue weighted by molar-refractivity contribution is 0.0182. The number of aliphatic imine (C=N–C) groups is 1. The number of benzene rings is 1. The van der Waals surface area contributed by atoms with Gasteiger partial charge in [0.1, 0.15) is 5.60 Å². The zero-order valence-electron chi connectivity index (χ0n) is 15.7. The molecular formula is C21H30N2O2. The van der Waals surface area contributed by atoms with Gasteiger partial charge >= 0.3 is 6.09 Å². The fourth-order valence-corrected chi connectivity index (χ4v) is 3.44. The van der Waals surface area contributed by atoms with Crippen molar-refractivity contribution < 1.29 is 9.53 Å². The second-order valence-electron chi connectivity index (χ2n) is 8.24. The Labute approximate surface area is 151 Å². The first-order chi connectivity index (χ1) is 11.9. The number of ether oxygens (including phenoxy) is 1. The van der Waals surface area contributed by atoms with Crippen molar-refractivity contribution in [3.8, 4) is 0 Å². The molecule has 0 radical (unpaired) electrons. The van der Waals surface area contributed by atoms with Crippen LogP contribution in [-0.2, 0) is 4.74 Å². The Hall–Kier alpha value is -1.84. The van der Waals surface area contributed by atoms with E-state index < -0.39 is 5.60 Å². The number of hydrogen-bond donors (Lipinski definition) is 0. The van der Waals surface area contributed by atoms with Crippen molar-refractivity contribution in [2.75, 3.05) is 19.6 Å². The van der Waals surface area contributed by atoms with Gasteiger partial charge in [0.25, 0.3) is 0 Å². The van der Waals surface area contributed by atoms with Crippen LogP contribution < -0.4 is 0 Å². The standard InChI is InChI=1S/C21H30N2O2/c1-21(2,3)25-20(24)23-13-10-16(11-14-23)9-12-22-19-15-18(19)17-7-5-4-6-8-17/h4-8,16,18H,9-15H2,1-3H3/b22-19+/t18-/m1/s1. The number of carbonyl (C=O) groups is 1. The molecule has 4 nitrogen and oxygen atoms in total. The van der Waals surface area contributed by atoms with Crippen molar-refractivity contribution in [3.05, 3.63) is 35.9 Å². The number of carbonyl (C=O) groups excluding carboxylic acids is 1. The van der Waals surface area contributed by atoms with Crippen LogP contribution in [-0.4, -0.2) is 41.9 Å². The summed E-state index contributed by atoms with van der Waals surface area (Å²) in [7, 11) is 0. The minimum atomic E-state index is -0.413. The van der Waals surface area contributed by atoms with E-state index in [-0.39, 0.29) is 6.09 Å². The molecule has 2 aliphatic rings. The van der Waals surface area contributed by atoms with Gasteiger partial charge in [0.05, 0.1) is 0 Å². The van der Waals surface area contributed by atoms with Gasteiger partial charge in [0.15, 0.2) is 0 Å². The lowest BCUT2D eigenvalue weighted by Crippen LogP contribution is -2.41. The maximum atomic E-state index is 12.1. The minimum Gasteiger partial charge on any atom is -0.444 e. The summed E-state index contributed by atoms with van der Waals surface area (Å²) in [6, 6.07) is 10.7. The molecule has 0 aromatic heterocycles. The molecule has 136 valence electrons. The maximum Gasteiger partial charge on any atom is 0.410 e. The van der Waals surface area contributed by atoms with Crippen LogP contribution in [0.1, 0.15) is 57.9 Å². The molecule has 25 heavy (non-hydrogen) atoms. The Morgan fingerprint density at radius 1 is 1.20 bits per heavy atom. The number of nitrogens with zero attached hydrogens (tertiary/aromatic N) is 2. The van der Waals surface area contributed by atoms with Crippen LogP contribution in [0.5, 0.6) is 0 Å². The summed E-state index contributed by atoms with van der Waals surface area (Å²) in [5.74, 6) is 1.24. The van der Waals surface area contributed by atoms with Crippen LogP contribution in [0.25, 0.3) is 0 Å². The van der Waals surface area contributed by atoms with Crippen molar-refractivity contribution in [2.45, 2.75) is 58.0 Å². The van der Waals surface area contributed by atoms with E-state index in [1.807, 2.05) is 25.7 Å². The summed E-state index contributed by atoms with van der Waals surface area (Å²) in [5, 5.41) is 0. The molecule has 0 unspecified atom stereocenters. The summed E-state index contributed by atoms with van der Waals surface area (Å²) in [5.41, 5.74) is 2.34. The number of rotatable bonds is 4. The third-order valence-electron chi connectivity index (χ3n) is 4.98. The monoisotopic (exact) mass is 342 g/mol. The van der Waals surface area contributed by atoms with Crippen LogP contribution >= 0.6 is 0 Å². The van der Waals surface area contributed by atoms with Crippen LogP contribution in [0.3, 0.4) is 0 Å². The van der Waals surface area contributed by atoms with Gasteiger partial charge in [-0.05, 0) is 57.9 Å². The number of likely N-dealkylation sites (tertiary alicyclic amines) is 1. The summed E-state index contributed by atoms with van der Waals surface area (Å²) < 4.78 is 5.45. The number of piperidine rings is 1. The van der Waals surface area contributed by atoms with Crippen LogP contribution in [0.4, 0.5) is 4.79 Å². The van der Waals surface area contributed by atoms with E-state index in [0.717, 1.165) is 45.3 Å². The smallest absolute Gasteiger partial charge is 0.410 e. The highest BCUT2D eigenvalue weighted by molar-refractivity contribution is 6.05. The van der Waals surface area contributed by atoms with Crippen molar-refractivity contribution in [1.29, 1.82) is 0 Å². The molecule has 3 rings (SSSR count). The molecule has 0 N–H and O–H groups in total. The highest BCUT2D eigenvalue weighted by atomic mass is 16.6. The summed E-state index contributed by atoms with van der Waals surface area (Å²) in [4.78, 5) is 18.7. The molecule has 1 heterocycles. The quantitative estimate of drug-likeness (QED) is 0.799. The van der Waals surface area contributed by atoms with E-state index in [1.165, 1.54) is 11.3 Å². The Balaban J connectivity index is 1.36. The van der Waals surface area contributed by atoms with Gasteiger partial charge in [-0.3, -0.25) is 4.99 Å². The number of amides is 1. The van der Waals surface area contributed by atoms with Crippen molar-refractivity contribution in [3.63, 3.8) is 0 Å². The van der Waals surface area contributed by atoms with Crippen molar-refractivity contribution in [2.24, 2.45) is 10.9 Å². The molecule has 1 aromatic carbocycles. The first-order valence-corrected chi connectivity index (χ1v) is 9.48. The molecular weight excluding hydrogens is 312 g/mol. The number of hydrogen-bond acceptors (Lipinski definition) is 3. The predicted octanol–water partition coefficient (Wildman–Crippen LogP) is 4.65. The Morgan fingerprint density at radius 2 is 1.88 bits per heavy atom. The molecule has 1 atom stereocenters. The molecule has 1 saturated carbocycles. The Morgan fingerprint density at radius 3 is 2.52 bits per heavy atom. The maximum absolute atomic E-state index is 12.1. The zero-order valence-corrected chi connectivity index (χ0v) is 15.7. The molecule has 0 bridgehead atoms. The SMILES string of the molecule is CC(C)(C)OC(=O)N1CCC(CC/N=C2\C[C@@H]2c2ccccc2)CC1. The minimum absolute atomic E-state index is 0.171. The van der Waals surface area contributed by atoms with Gasteiger partial charge in [-0.1, -0.05) is 30.3 Å². The highest BCUT2D eigenvalue weighted by Crippen LogP contribution is 2.37. The van der Waals surface area contributed by atoms with E-state index >= 15 is 0 Å². The Kier molecular flexibility index (Phi) is 5.45. The molecule has 4 heteroatoms. The summed E-state index contributed by atoms with van der Waals surface area (Å²) in [6.07, 6.45) is 4.21. The van der Waals surface area contributed by atoms with E-state index in [2.05, 4.69) is 30.3 Å². The van der Waals surface area contributed by atoms with Gasteiger partial charge in [-0.2, -0.15) is 0 Å². The van der Waals surface area contributed by atoms with Crippen LogP contribution in [0.15, 0.2) is 35.3 Å². The summed E-state index contributed by atoms with van der Waals surface area (Å²) in [6.45, 7) is 8.29. The summed E-state index contributed by atoms with van der Waals surface area (Å²) >= 11 is 0.